The molecule has 1 aliphatic carbocycles. The molecule has 0 amide bonds. The smallest absolute Gasteiger partial charge is 0.335 e. The fraction of sp³-hybridized carbons (Fsp3) is 0.300. The number of hydrogen-bond donors (Lipinski definition) is 1. The topological polar surface area (TPSA) is 55.1 Å². The Morgan fingerprint density at radius 1 is 1.12 bits per heavy atom. The van der Waals surface area contributed by atoms with E-state index in [1.807, 2.05) is 0 Å². The molecule has 3 aromatic rings. The molecule has 0 radical (unpaired) electrons. The number of fused-ring (bicyclic) bond motifs is 1. The zero-order valence-corrected chi connectivity index (χ0v) is 15.0. The molecular weight excluding hydrogens is 355 g/mol. The number of carboxylic acid groups (broad SMARTS) is 1. The number of imidazole rings is 1. The number of aromatic carboxylic acids is 1. The van der Waals surface area contributed by atoms with Crippen LogP contribution in [0.2, 0.25) is 0 Å². The molecule has 1 aliphatic rings. The van der Waals surface area contributed by atoms with Crippen molar-refractivity contribution in [1.82, 2.24) is 9.55 Å². The van der Waals surface area contributed by atoms with Crippen molar-refractivity contribution < 1.29 is 14.3 Å². The first-order valence-corrected chi connectivity index (χ1v) is 8.65. The van der Waals surface area contributed by atoms with Crippen molar-refractivity contribution in [3.8, 4) is 11.4 Å². The molecule has 4 nitrogen and oxygen atoms in total. The number of carboxylic acids is 1. The van der Waals surface area contributed by atoms with Gasteiger partial charge >= 0.3 is 5.97 Å². The number of carbonyl (C=O) groups is 1. The van der Waals surface area contributed by atoms with Crippen LogP contribution in [0, 0.1) is 5.82 Å². The minimum Gasteiger partial charge on any atom is -0.478 e. The summed E-state index contributed by atoms with van der Waals surface area (Å²) >= 11 is 0. The summed E-state index contributed by atoms with van der Waals surface area (Å²) in [5, 5.41) is 9.24. The Balaban J connectivity index is 0.00000196. The lowest BCUT2D eigenvalue weighted by molar-refractivity contribution is 0.0697. The third-order valence-electron chi connectivity index (χ3n) is 4.99. The molecule has 0 saturated heterocycles. The van der Waals surface area contributed by atoms with E-state index in [1.54, 1.807) is 36.4 Å². The van der Waals surface area contributed by atoms with Crippen molar-refractivity contribution in [2.45, 2.75) is 38.1 Å². The van der Waals surface area contributed by atoms with Gasteiger partial charge in [-0.1, -0.05) is 31.4 Å². The molecule has 26 heavy (non-hydrogen) atoms. The summed E-state index contributed by atoms with van der Waals surface area (Å²) in [5.74, 6) is -0.711. The van der Waals surface area contributed by atoms with Gasteiger partial charge in [0.15, 0.2) is 0 Å². The first-order chi connectivity index (χ1) is 12.1. The third-order valence-corrected chi connectivity index (χ3v) is 4.99. The quantitative estimate of drug-likeness (QED) is 0.661. The Bertz CT molecular complexity index is 948. The third kappa shape index (κ3) is 3.19. The largest absolute Gasteiger partial charge is 0.478 e. The van der Waals surface area contributed by atoms with E-state index in [2.05, 4.69) is 9.55 Å². The summed E-state index contributed by atoms with van der Waals surface area (Å²) in [6, 6.07) is 11.9. The van der Waals surface area contributed by atoms with Gasteiger partial charge in [-0.25, -0.2) is 14.2 Å². The van der Waals surface area contributed by atoms with Crippen molar-refractivity contribution in [2.75, 3.05) is 0 Å². The van der Waals surface area contributed by atoms with Gasteiger partial charge in [0, 0.05) is 6.04 Å². The molecule has 1 fully saturated rings. The number of hydrogen-bond acceptors (Lipinski definition) is 2. The van der Waals surface area contributed by atoms with Gasteiger partial charge < -0.3 is 9.67 Å². The van der Waals surface area contributed by atoms with Crippen LogP contribution in [-0.2, 0) is 0 Å². The summed E-state index contributed by atoms with van der Waals surface area (Å²) in [7, 11) is 0. The monoisotopic (exact) mass is 374 g/mol. The van der Waals surface area contributed by atoms with Gasteiger partial charge in [-0.3, -0.25) is 0 Å². The van der Waals surface area contributed by atoms with E-state index < -0.39 is 5.97 Å². The van der Waals surface area contributed by atoms with Crippen LogP contribution >= 0.6 is 12.4 Å². The van der Waals surface area contributed by atoms with E-state index in [9.17, 15) is 14.3 Å². The zero-order chi connectivity index (χ0) is 17.4. The molecule has 2 aromatic carbocycles. The Labute approximate surface area is 157 Å². The Kier molecular flexibility index (Phi) is 5.28. The minimum absolute atomic E-state index is 0. The summed E-state index contributed by atoms with van der Waals surface area (Å²) in [4.78, 5) is 15.9. The molecule has 1 heterocycles. The van der Waals surface area contributed by atoms with Crippen LogP contribution in [0.4, 0.5) is 4.39 Å². The molecule has 4 rings (SSSR count). The number of aromatic nitrogens is 2. The van der Waals surface area contributed by atoms with Crippen LogP contribution < -0.4 is 0 Å². The maximum atomic E-state index is 14.4. The van der Waals surface area contributed by atoms with E-state index in [4.69, 9.17) is 0 Å². The van der Waals surface area contributed by atoms with Gasteiger partial charge in [0.25, 0.3) is 0 Å². The fourth-order valence-electron chi connectivity index (χ4n) is 3.77. The summed E-state index contributed by atoms with van der Waals surface area (Å²) < 4.78 is 16.5. The molecule has 1 aromatic heterocycles. The van der Waals surface area contributed by atoms with E-state index in [0.717, 1.165) is 31.2 Å². The second-order valence-electron chi connectivity index (χ2n) is 6.59. The molecule has 1 saturated carbocycles. The highest BCUT2D eigenvalue weighted by molar-refractivity contribution is 5.93. The highest BCUT2D eigenvalue weighted by Crippen LogP contribution is 2.36. The second-order valence-corrected chi connectivity index (χ2v) is 6.59. The lowest BCUT2D eigenvalue weighted by Gasteiger charge is -2.25. The van der Waals surface area contributed by atoms with Gasteiger partial charge in [0.05, 0.1) is 22.2 Å². The molecule has 0 unspecified atom stereocenters. The van der Waals surface area contributed by atoms with Crippen LogP contribution in [-0.4, -0.2) is 20.6 Å². The number of halogens is 2. The van der Waals surface area contributed by atoms with Crippen LogP contribution in [0.1, 0.15) is 48.5 Å². The van der Waals surface area contributed by atoms with Crippen LogP contribution in [0.5, 0.6) is 0 Å². The zero-order valence-electron chi connectivity index (χ0n) is 14.2. The Morgan fingerprint density at radius 2 is 1.85 bits per heavy atom. The highest BCUT2D eigenvalue weighted by atomic mass is 35.5. The van der Waals surface area contributed by atoms with Crippen molar-refractivity contribution in [3.05, 3.63) is 53.8 Å². The highest BCUT2D eigenvalue weighted by Gasteiger charge is 2.24. The van der Waals surface area contributed by atoms with Crippen molar-refractivity contribution >= 4 is 29.4 Å². The Hall–Kier alpha value is -2.40. The summed E-state index contributed by atoms with van der Waals surface area (Å²) in [6.45, 7) is 0. The molecular formula is C20H20ClFN2O2. The van der Waals surface area contributed by atoms with Crippen molar-refractivity contribution in [3.63, 3.8) is 0 Å². The molecule has 0 bridgehead atoms. The van der Waals surface area contributed by atoms with E-state index in [0.29, 0.717) is 16.9 Å². The predicted molar refractivity (Wildman–Crippen MR) is 101 cm³/mol. The number of rotatable bonds is 3. The van der Waals surface area contributed by atoms with Gasteiger partial charge in [0.1, 0.15) is 11.6 Å². The van der Waals surface area contributed by atoms with E-state index in [1.165, 1.54) is 12.5 Å². The lowest BCUT2D eigenvalue weighted by atomic mass is 9.94. The van der Waals surface area contributed by atoms with Crippen molar-refractivity contribution in [1.29, 1.82) is 0 Å². The first-order valence-electron chi connectivity index (χ1n) is 8.65. The first kappa shape index (κ1) is 18.4. The van der Waals surface area contributed by atoms with Crippen LogP contribution in [0.15, 0.2) is 42.5 Å². The number of nitrogens with zero attached hydrogens (tertiary/aromatic N) is 2. The average molecular weight is 375 g/mol. The van der Waals surface area contributed by atoms with E-state index in [-0.39, 0.29) is 29.8 Å². The second kappa shape index (κ2) is 7.46. The molecule has 6 heteroatoms. The van der Waals surface area contributed by atoms with Gasteiger partial charge in [-0.2, -0.15) is 0 Å². The fourth-order valence-corrected chi connectivity index (χ4v) is 3.77. The van der Waals surface area contributed by atoms with Gasteiger partial charge in [-0.05, 0) is 43.2 Å². The normalized spacial score (nSPS) is 15.0. The van der Waals surface area contributed by atoms with Gasteiger partial charge in [0.2, 0.25) is 0 Å². The summed E-state index contributed by atoms with van der Waals surface area (Å²) in [5.41, 5.74) is 2.13. The maximum absolute atomic E-state index is 14.4. The molecule has 1 N–H and O–H groups in total. The molecule has 0 atom stereocenters. The average Bonchev–Trinajstić information content (AvgIpc) is 3.01. The maximum Gasteiger partial charge on any atom is 0.335 e. The molecule has 136 valence electrons. The Morgan fingerprint density at radius 3 is 2.54 bits per heavy atom. The van der Waals surface area contributed by atoms with Crippen LogP contribution in [0.3, 0.4) is 0 Å². The SMILES string of the molecule is Cl.O=C(O)c1ccc2c(c1)nc(-c1ccccc1F)n2C1CCCCC1. The van der Waals surface area contributed by atoms with Gasteiger partial charge in [-0.15, -0.1) is 12.4 Å². The lowest BCUT2D eigenvalue weighted by Crippen LogP contribution is -2.14. The van der Waals surface area contributed by atoms with Crippen LogP contribution in [0.25, 0.3) is 22.4 Å². The van der Waals surface area contributed by atoms with Crippen molar-refractivity contribution in [2.24, 2.45) is 0 Å². The van der Waals surface area contributed by atoms with E-state index >= 15 is 0 Å². The summed E-state index contributed by atoms with van der Waals surface area (Å²) in [6.07, 6.45) is 5.59. The standard InChI is InChI=1S/C20H19FN2O2.ClH/c21-16-9-5-4-8-15(16)19-22-17-12-13(20(24)25)10-11-18(17)23(19)14-6-2-1-3-7-14;/h4-5,8-12,14H,1-3,6-7H2,(H,24,25);1H. The molecule has 0 aliphatic heterocycles. The number of benzene rings is 2. The minimum atomic E-state index is -0.985. The molecule has 0 spiro atoms. The predicted octanol–water partition coefficient (Wildman–Crippen LogP) is 5.47.